The third-order valence-electron chi connectivity index (χ3n) is 4.07. The van der Waals surface area contributed by atoms with E-state index in [4.69, 9.17) is 16.3 Å². The molecule has 1 atom stereocenters. The standard InChI is InChI=1S/C20H25ClN2O4S/c1-3-4-12-22-28(25,26)17-10-11-19(18(21)13-17)27-14-20(24)23-15(2)16-8-6-5-7-9-16/h5-11,13,15,22H,3-4,12,14H2,1-2H3,(H,23,24)/t15-/m1/s1. The fourth-order valence-electron chi connectivity index (χ4n) is 2.48. The lowest BCUT2D eigenvalue weighted by Gasteiger charge is -2.15. The van der Waals surface area contributed by atoms with E-state index in [0.717, 1.165) is 18.4 Å². The van der Waals surface area contributed by atoms with Crippen LogP contribution in [-0.2, 0) is 14.8 Å². The molecule has 0 saturated heterocycles. The van der Waals surface area contributed by atoms with Gasteiger partial charge in [0.1, 0.15) is 5.75 Å². The van der Waals surface area contributed by atoms with Gasteiger partial charge in [0, 0.05) is 6.54 Å². The highest BCUT2D eigenvalue weighted by atomic mass is 35.5. The summed E-state index contributed by atoms with van der Waals surface area (Å²) in [6.07, 6.45) is 1.64. The van der Waals surface area contributed by atoms with E-state index < -0.39 is 10.0 Å². The average Bonchev–Trinajstić information content (AvgIpc) is 2.67. The van der Waals surface area contributed by atoms with Crippen LogP contribution in [0.3, 0.4) is 0 Å². The van der Waals surface area contributed by atoms with Crippen molar-refractivity contribution in [3.63, 3.8) is 0 Å². The molecule has 2 aromatic rings. The Balaban J connectivity index is 1.93. The lowest BCUT2D eigenvalue weighted by molar-refractivity contribution is -0.123. The summed E-state index contributed by atoms with van der Waals surface area (Å²) >= 11 is 6.13. The van der Waals surface area contributed by atoms with E-state index in [1.807, 2.05) is 44.2 Å². The number of benzene rings is 2. The summed E-state index contributed by atoms with van der Waals surface area (Å²) in [5, 5.41) is 2.96. The van der Waals surface area contributed by atoms with Crippen molar-refractivity contribution < 1.29 is 17.9 Å². The topological polar surface area (TPSA) is 84.5 Å². The lowest BCUT2D eigenvalue weighted by Crippen LogP contribution is -2.31. The quantitative estimate of drug-likeness (QED) is 0.570. The highest BCUT2D eigenvalue weighted by molar-refractivity contribution is 7.89. The number of halogens is 1. The number of unbranched alkanes of at least 4 members (excludes halogenated alkanes) is 1. The molecule has 2 aromatic carbocycles. The Morgan fingerprint density at radius 3 is 2.54 bits per heavy atom. The van der Waals surface area contributed by atoms with Gasteiger partial charge in [-0.1, -0.05) is 55.3 Å². The molecule has 0 aliphatic heterocycles. The van der Waals surface area contributed by atoms with Gasteiger partial charge in [-0.15, -0.1) is 0 Å². The maximum absolute atomic E-state index is 12.2. The van der Waals surface area contributed by atoms with Gasteiger partial charge in [-0.2, -0.15) is 0 Å². The first-order chi connectivity index (χ1) is 13.3. The summed E-state index contributed by atoms with van der Waals surface area (Å²) in [7, 11) is -3.62. The molecule has 0 heterocycles. The minimum Gasteiger partial charge on any atom is -0.482 e. The summed E-state index contributed by atoms with van der Waals surface area (Å²) in [6, 6.07) is 13.6. The first kappa shape index (κ1) is 22.2. The predicted octanol–water partition coefficient (Wildman–Crippen LogP) is 3.67. The number of sulfonamides is 1. The molecule has 0 aliphatic carbocycles. The summed E-state index contributed by atoms with van der Waals surface area (Å²) in [6.45, 7) is 4.01. The Labute approximate surface area is 171 Å². The van der Waals surface area contributed by atoms with Crippen molar-refractivity contribution in [1.29, 1.82) is 0 Å². The van der Waals surface area contributed by atoms with Crippen molar-refractivity contribution in [3.05, 3.63) is 59.1 Å². The van der Waals surface area contributed by atoms with Crippen LogP contribution in [0.15, 0.2) is 53.4 Å². The number of ether oxygens (including phenoxy) is 1. The highest BCUT2D eigenvalue weighted by Gasteiger charge is 2.16. The molecule has 0 saturated carbocycles. The zero-order valence-electron chi connectivity index (χ0n) is 15.9. The summed E-state index contributed by atoms with van der Waals surface area (Å²) in [4.78, 5) is 12.2. The largest absolute Gasteiger partial charge is 0.482 e. The second-order valence-electron chi connectivity index (χ2n) is 6.33. The fraction of sp³-hybridized carbons (Fsp3) is 0.350. The summed E-state index contributed by atoms with van der Waals surface area (Å²) < 4.78 is 32.4. The molecule has 2 N–H and O–H groups in total. The van der Waals surface area contributed by atoms with Gasteiger partial charge in [0.25, 0.3) is 5.91 Å². The minimum absolute atomic E-state index is 0.0584. The Hall–Kier alpha value is -2.09. The maximum atomic E-state index is 12.2. The van der Waals surface area contributed by atoms with Crippen LogP contribution in [0.4, 0.5) is 0 Å². The van der Waals surface area contributed by atoms with E-state index in [2.05, 4.69) is 10.0 Å². The first-order valence-electron chi connectivity index (χ1n) is 9.10. The van der Waals surface area contributed by atoms with Crippen molar-refractivity contribution >= 4 is 27.5 Å². The lowest BCUT2D eigenvalue weighted by atomic mass is 10.1. The molecule has 28 heavy (non-hydrogen) atoms. The van der Waals surface area contributed by atoms with E-state index >= 15 is 0 Å². The van der Waals surface area contributed by atoms with Gasteiger partial charge < -0.3 is 10.1 Å². The Morgan fingerprint density at radius 2 is 1.89 bits per heavy atom. The molecule has 0 aromatic heterocycles. The van der Waals surface area contributed by atoms with E-state index in [0.29, 0.717) is 6.54 Å². The van der Waals surface area contributed by atoms with Crippen LogP contribution in [0.1, 0.15) is 38.3 Å². The number of amides is 1. The number of rotatable bonds is 10. The second kappa shape index (κ2) is 10.5. The molecule has 2 rings (SSSR count). The van der Waals surface area contributed by atoms with E-state index in [-0.39, 0.29) is 34.2 Å². The molecule has 0 spiro atoms. The summed E-state index contributed by atoms with van der Waals surface area (Å²) in [5.74, 6) is -0.0537. The Bertz CT molecular complexity index is 888. The van der Waals surface area contributed by atoms with Gasteiger partial charge in [0.05, 0.1) is 16.0 Å². The van der Waals surface area contributed by atoms with Gasteiger partial charge >= 0.3 is 0 Å². The number of carbonyl (C=O) groups is 1. The van der Waals surface area contributed by atoms with Gasteiger partial charge in [0.2, 0.25) is 10.0 Å². The SMILES string of the molecule is CCCCNS(=O)(=O)c1ccc(OCC(=O)N[C@H](C)c2ccccc2)c(Cl)c1. The van der Waals surface area contributed by atoms with Crippen LogP contribution >= 0.6 is 11.6 Å². The van der Waals surface area contributed by atoms with Crippen LogP contribution in [0.25, 0.3) is 0 Å². The van der Waals surface area contributed by atoms with Gasteiger partial charge in [-0.05, 0) is 37.1 Å². The Morgan fingerprint density at radius 1 is 1.18 bits per heavy atom. The number of nitrogens with one attached hydrogen (secondary N) is 2. The van der Waals surface area contributed by atoms with Crippen LogP contribution in [0, 0.1) is 0 Å². The zero-order chi connectivity index (χ0) is 20.6. The first-order valence-corrected chi connectivity index (χ1v) is 11.0. The normalized spacial score (nSPS) is 12.4. The predicted molar refractivity (Wildman–Crippen MR) is 110 cm³/mol. The van der Waals surface area contributed by atoms with Gasteiger partial charge in [0.15, 0.2) is 6.61 Å². The number of hydrogen-bond donors (Lipinski definition) is 2. The van der Waals surface area contributed by atoms with Crippen LogP contribution in [-0.4, -0.2) is 27.5 Å². The third-order valence-corrected chi connectivity index (χ3v) is 5.83. The summed E-state index contributed by atoms with van der Waals surface area (Å²) in [5.41, 5.74) is 0.985. The van der Waals surface area contributed by atoms with Crippen LogP contribution in [0.5, 0.6) is 5.75 Å². The van der Waals surface area contributed by atoms with Crippen molar-refractivity contribution in [2.45, 2.75) is 37.6 Å². The van der Waals surface area contributed by atoms with Gasteiger partial charge in [-0.25, -0.2) is 13.1 Å². The molecule has 0 radical (unpaired) electrons. The van der Waals surface area contributed by atoms with E-state index in [9.17, 15) is 13.2 Å². The average molecular weight is 425 g/mol. The van der Waals surface area contributed by atoms with Crippen molar-refractivity contribution in [1.82, 2.24) is 10.0 Å². The zero-order valence-corrected chi connectivity index (χ0v) is 17.5. The van der Waals surface area contributed by atoms with Crippen molar-refractivity contribution in [3.8, 4) is 5.75 Å². The van der Waals surface area contributed by atoms with Gasteiger partial charge in [-0.3, -0.25) is 4.79 Å². The number of hydrogen-bond acceptors (Lipinski definition) is 4. The third kappa shape index (κ3) is 6.51. The highest BCUT2D eigenvalue weighted by Crippen LogP contribution is 2.27. The van der Waals surface area contributed by atoms with Crippen LogP contribution in [0.2, 0.25) is 5.02 Å². The monoisotopic (exact) mass is 424 g/mol. The number of carbonyl (C=O) groups excluding carboxylic acids is 1. The van der Waals surface area contributed by atoms with E-state index in [1.165, 1.54) is 18.2 Å². The second-order valence-corrected chi connectivity index (χ2v) is 8.51. The molecule has 0 unspecified atom stereocenters. The minimum atomic E-state index is -3.62. The molecule has 8 heteroatoms. The molecule has 6 nitrogen and oxygen atoms in total. The molecular formula is C20H25ClN2O4S. The van der Waals surface area contributed by atoms with Crippen LogP contribution < -0.4 is 14.8 Å². The molecule has 152 valence electrons. The Kier molecular flexibility index (Phi) is 8.29. The molecule has 0 aliphatic rings. The molecule has 0 fully saturated rings. The molecule has 0 bridgehead atoms. The van der Waals surface area contributed by atoms with Crippen molar-refractivity contribution in [2.24, 2.45) is 0 Å². The smallest absolute Gasteiger partial charge is 0.258 e. The molecule has 1 amide bonds. The van der Waals surface area contributed by atoms with Crippen molar-refractivity contribution in [2.75, 3.05) is 13.2 Å². The molecular weight excluding hydrogens is 400 g/mol. The fourth-order valence-corrected chi connectivity index (χ4v) is 3.88. The maximum Gasteiger partial charge on any atom is 0.258 e. The van der Waals surface area contributed by atoms with E-state index in [1.54, 1.807) is 0 Å².